The zero-order valence-electron chi connectivity index (χ0n) is 17.2. The van der Waals surface area contributed by atoms with Crippen LogP contribution in [0.4, 0.5) is 0 Å². The molecule has 0 spiro atoms. The van der Waals surface area contributed by atoms with Crippen molar-refractivity contribution in [2.45, 2.75) is 43.7 Å². The fraction of sp³-hybridized carbons (Fsp3) is 0.550. The Bertz CT molecular complexity index is 767. The van der Waals surface area contributed by atoms with Gasteiger partial charge >= 0.3 is 0 Å². The highest BCUT2D eigenvalue weighted by Gasteiger charge is 2.15. The van der Waals surface area contributed by atoms with Crippen molar-refractivity contribution >= 4 is 53.3 Å². The molecule has 3 rings (SSSR count). The van der Waals surface area contributed by atoms with E-state index in [1.54, 1.807) is 18.1 Å². The molecule has 1 aromatic heterocycles. The molecule has 1 saturated heterocycles. The Hall–Kier alpha value is -1.04. The van der Waals surface area contributed by atoms with Crippen LogP contribution in [0.2, 0.25) is 5.02 Å². The van der Waals surface area contributed by atoms with E-state index in [4.69, 9.17) is 21.3 Å². The maximum atomic E-state index is 5.94. The smallest absolute Gasteiger partial charge is 0.191 e. The standard InChI is InChI=1S/C20H29ClN6OS.HI/c1-2-19-26-25-15-27(19)11-9-22-20(24-14-17-4-3-12-28-17)23-10-13-29-18-7-5-16(21)6-8-18;/h5-8,15,17H,2-4,9-14H2,1H3,(H2,22,23,24);1H. The zero-order valence-corrected chi connectivity index (χ0v) is 21.1. The molecule has 0 bridgehead atoms. The van der Waals surface area contributed by atoms with E-state index in [0.717, 1.165) is 68.1 Å². The topological polar surface area (TPSA) is 76.4 Å². The minimum atomic E-state index is 0. The fourth-order valence-corrected chi connectivity index (χ4v) is 3.95. The second-order valence-corrected chi connectivity index (χ2v) is 8.38. The monoisotopic (exact) mass is 564 g/mol. The van der Waals surface area contributed by atoms with E-state index in [-0.39, 0.29) is 30.1 Å². The van der Waals surface area contributed by atoms with Crippen LogP contribution in [0.15, 0.2) is 40.5 Å². The Morgan fingerprint density at radius 3 is 2.83 bits per heavy atom. The molecule has 166 valence electrons. The Kier molecular flexibility index (Phi) is 11.9. The Labute approximate surface area is 204 Å². The lowest BCUT2D eigenvalue weighted by molar-refractivity contribution is 0.117. The minimum Gasteiger partial charge on any atom is -0.376 e. The average Bonchev–Trinajstić information content (AvgIpc) is 3.41. The Morgan fingerprint density at radius 1 is 1.30 bits per heavy atom. The third-order valence-electron chi connectivity index (χ3n) is 4.61. The molecule has 2 aromatic rings. The summed E-state index contributed by atoms with van der Waals surface area (Å²) in [5.74, 6) is 2.76. The number of guanidine groups is 1. The first kappa shape index (κ1) is 25.2. The minimum absolute atomic E-state index is 0. The predicted octanol–water partition coefficient (Wildman–Crippen LogP) is 3.62. The number of rotatable bonds is 10. The first-order valence-electron chi connectivity index (χ1n) is 10.1. The normalized spacial score (nSPS) is 16.3. The van der Waals surface area contributed by atoms with Crippen molar-refractivity contribution < 1.29 is 4.74 Å². The number of aromatic nitrogens is 3. The van der Waals surface area contributed by atoms with Crippen molar-refractivity contribution in [2.75, 3.05) is 32.0 Å². The van der Waals surface area contributed by atoms with Gasteiger partial charge in [-0.3, -0.25) is 4.99 Å². The van der Waals surface area contributed by atoms with Gasteiger partial charge in [-0.05, 0) is 37.1 Å². The maximum Gasteiger partial charge on any atom is 0.191 e. The molecule has 0 saturated carbocycles. The second kappa shape index (κ2) is 14.1. The largest absolute Gasteiger partial charge is 0.376 e. The molecule has 10 heteroatoms. The van der Waals surface area contributed by atoms with E-state index in [0.29, 0.717) is 6.54 Å². The molecule has 1 aliphatic rings. The van der Waals surface area contributed by atoms with E-state index in [1.807, 2.05) is 24.3 Å². The van der Waals surface area contributed by atoms with E-state index in [9.17, 15) is 0 Å². The van der Waals surface area contributed by atoms with Gasteiger partial charge in [0.2, 0.25) is 0 Å². The fourth-order valence-electron chi connectivity index (χ4n) is 3.06. The summed E-state index contributed by atoms with van der Waals surface area (Å²) in [6.07, 6.45) is 5.10. The molecule has 1 aromatic carbocycles. The van der Waals surface area contributed by atoms with Crippen molar-refractivity contribution in [3.05, 3.63) is 41.4 Å². The van der Waals surface area contributed by atoms with Gasteiger partial charge in [0, 0.05) is 48.3 Å². The third kappa shape index (κ3) is 8.60. The second-order valence-electron chi connectivity index (χ2n) is 6.77. The summed E-state index contributed by atoms with van der Waals surface area (Å²) in [7, 11) is 0. The number of benzene rings is 1. The van der Waals surface area contributed by atoms with E-state index in [2.05, 4.69) is 32.3 Å². The highest BCUT2D eigenvalue weighted by atomic mass is 127. The van der Waals surface area contributed by atoms with Gasteiger partial charge in [-0.1, -0.05) is 18.5 Å². The summed E-state index contributed by atoms with van der Waals surface area (Å²) >= 11 is 7.73. The van der Waals surface area contributed by atoms with Crippen LogP contribution in [0.3, 0.4) is 0 Å². The van der Waals surface area contributed by atoms with Crippen molar-refractivity contribution in [1.82, 2.24) is 25.4 Å². The van der Waals surface area contributed by atoms with E-state index in [1.165, 1.54) is 4.90 Å². The van der Waals surface area contributed by atoms with Gasteiger partial charge < -0.3 is 19.9 Å². The lowest BCUT2D eigenvalue weighted by atomic mass is 10.2. The molecule has 0 radical (unpaired) electrons. The molecule has 1 unspecified atom stereocenters. The first-order valence-corrected chi connectivity index (χ1v) is 11.5. The van der Waals surface area contributed by atoms with Crippen molar-refractivity contribution in [1.29, 1.82) is 0 Å². The summed E-state index contributed by atoms with van der Waals surface area (Å²) in [5, 5.41) is 15.7. The van der Waals surface area contributed by atoms with Gasteiger partial charge in [-0.2, -0.15) is 0 Å². The summed E-state index contributed by atoms with van der Waals surface area (Å²) in [6.45, 7) is 6.00. The molecule has 7 nitrogen and oxygen atoms in total. The number of thioether (sulfide) groups is 1. The van der Waals surface area contributed by atoms with Gasteiger partial charge in [0.05, 0.1) is 12.6 Å². The van der Waals surface area contributed by atoms with Crippen LogP contribution in [-0.4, -0.2) is 58.8 Å². The van der Waals surface area contributed by atoms with Crippen molar-refractivity contribution in [2.24, 2.45) is 4.99 Å². The number of hydrogen-bond donors (Lipinski definition) is 2. The summed E-state index contributed by atoms with van der Waals surface area (Å²) in [4.78, 5) is 5.94. The summed E-state index contributed by atoms with van der Waals surface area (Å²) in [5.41, 5.74) is 0. The number of halogens is 2. The molecule has 1 atom stereocenters. The highest BCUT2D eigenvalue weighted by molar-refractivity contribution is 14.0. The third-order valence-corrected chi connectivity index (χ3v) is 5.88. The molecular formula is C20H30ClIN6OS. The van der Waals surface area contributed by atoms with Crippen LogP contribution in [0.25, 0.3) is 0 Å². The van der Waals surface area contributed by atoms with Crippen LogP contribution in [0, 0.1) is 0 Å². The summed E-state index contributed by atoms with van der Waals surface area (Å²) < 4.78 is 7.76. The predicted molar refractivity (Wildman–Crippen MR) is 134 cm³/mol. The highest BCUT2D eigenvalue weighted by Crippen LogP contribution is 2.19. The molecule has 0 amide bonds. The number of aliphatic imine (C=N–C) groups is 1. The molecule has 30 heavy (non-hydrogen) atoms. The molecule has 2 N–H and O–H groups in total. The number of ether oxygens (including phenoxy) is 1. The van der Waals surface area contributed by atoms with Crippen LogP contribution >= 0.6 is 47.3 Å². The van der Waals surface area contributed by atoms with Crippen molar-refractivity contribution in [3.63, 3.8) is 0 Å². The number of nitrogens with zero attached hydrogens (tertiary/aromatic N) is 4. The molecular weight excluding hydrogens is 535 g/mol. The van der Waals surface area contributed by atoms with Gasteiger partial charge in [-0.15, -0.1) is 45.9 Å². The van der Waals surface area contributed by atoms with E-state index < -0.39 is 0 Å². The number of hydrogen-bond acceptors (Lipinski definition) is 5. The van der Waals surface area contributed by atoms with Gasteiger partial charge in [-0.25, -0.2) is 0 Å². The Balaban J connectivity index is 0.00000320. The maximum absolute atomic E-state index is 5.94. The average molecular weight is 565 g/mol. The lowest BCUT2D eigenvalue weighted by Crippen LogP contribution is -2.40. The number of aryl methyl sites for hydroxylation is 1. The lowest BCUT2D eigenvalue weighted by Gasteiger charge is -2.14. The van der Waals surface area contributed by atoms with Crippen molar-refractivity contribution in [3.8, 4) is 0 Å². The quantitative estimate of drug-likeness (QED) is 0.151. The van der Waals surface area contributed by atoms with Gasteiger partial charge in [0.1, 0.15) is 12.2 Å². The molecule has 2 heterocycles. The molecule has 1 fully saturated rings. The number of nitrogens with one attached hydrogen (secondary N) is 2. The SMILES string of the molecule is CCc1nncn1CCNC(=NCC1CCCO1)NCCSc1ccc(Cl)cc1.I. The van der Waals surface area contributed by atoms with E-state index >= 15 is 0 Å². The first-order chi connectivity index (χ1) is 14.2. The van der Waals surface area contributed by atoms with Gasteiger partial charge in [0.15, 0.2) is 5.96 Å². The van der Waals surface area contributed by atoms with Gasteiger partial charge in [0.25, 0.3) is 0 Å². The van der Waals surface area contributed by atoms with Crippen LogP contribution in [0.1, 0.15) is 25.6 Å². The van der Waals surface area contributed by atoms with Crippen LogP contribution in [-0.2, 0) is 17.7 Å². The van der Waals surface area contributed by atoms with Crippen LogP contribution in [0.5, 0.6) is 0 Å². The molecule has 0 aliphatic carbocycles. The Morgan fingerprint density at radius 2 is 2.10 bits per heavy atom. The summed E-state index contributed by atoms with van der Waals surface area (Å²) in [6, 6.07) is 7.93. The van der Waals surface area contributed by atoms with Crippen LogP contribution < -0.4 is 10.6 Å². The zero-order chi connectivity index (χ0) is 20.3. The molecule has 1 aliphatic heterocycles.